The third kappa shape index (κ3) is 3.53. The quantitative estimate of drug-likeness (QED) is 0.675. The Morgan fingerprint density at radius 1 is 1.46 bits per heavy atom. The van der Waals surface area contributed by atoms with E-state index >= 15 is 0 Å². The van der Waals surface area contributed by atoms with Gasteiger partial charge in [0.25, 0.3) is 0 Å². The minimum absolute atomic E-state index is 0.0788. The summed E-state index contributed by atoms with van der Waals surface area (Å²) in [6.07, 6.45) is 1.44. The van der Waals surface area contributed by atoms with E-state index in [1.54, 1.807) is 12.1 Å². The molecule has 0 aromatic heterocycles. The lowest BCUT2D eigenvalue weighted by Crippen LogP contribution is -1.96. The summed E-state index contributed by atoms with van der Waals surface area (Å²) in [5.74, 6) is -0.246. The second-order valence-electron chi connectivity index (χ2n) is 3.06. The summed E-state index contributed by atoms with van der Waals surface area (Å²) in [5.41, 5.74) is 0.678. The molecule has 1 rings (SSSR count). The lowest BCUT2D eigenvalue weighted by Gasteiger charge is -2.04. The first kappa shape index (κ1) is 10.8. The van der Waals surface area contributed by atoms with Crippen molar-refractivity contribution in [2.45, 2.75) is 25.1 Å². The summed E-state index contributed by atoms with van der Waals surface area (Å²) in [7, 11) is 0. The van der Waals surface area contributed by atoms with E-state index < -0.39 is 0 Å². The van der Waals surface area contributed by atoms with E-state index in [-0.39, 0.29) is 11.2 Å². The van der Waals surface area contributed by atoms with E-state index in [0.717, 1.165) is 6.42 Å². The Hall–Kier alpha value is -0.270. The molecule has 0 fully saturated rings. The topological polar surface area (TPSA) is 0 Å². The number of rotatable bonds is 3. The van der Waals surface area contributed by atoms with Crippen LogP contribution in [0.5, 0.6) is 0 Å². The van der Waals surface area contributed by atoms with Crippen LogP contribution < -0.4 is 0 Å². The van der Waals surface area contributed by atoms with Crippen molar-refractivity contribution < 1.29 is 4.39 Å². The van der Waals surface area contributed by atoms with Crippen LogP contribution >= 0.6 is 23.2 Å². The van der Waals surface area contributed by atoms with E-state index in [1.807, 2.05) is 6.92 Å². The number of hydrogen-bond donors (Lipinski definition) is 0. The van der Waals surface area contributed by atoms with Crippen LogP contribution in [0.25, 0.3) is 0 Å². The molecule has 0 bridgehead atoms. The monoisotopic (exact) mass is 220 g/mol. The smallest absolute Gasteiger partial charge is 0.127 e. The molecular weight excluding hydrogens is 210 g/mol. The van der Waals surface area contributed by atoms with Gasteiger partial charge >= 0.3 is 0 Å². The molecule has 3 heteroatoms. The van der Waals surface area contributed by atoms with Crippen LogP contribution in [0.2, 0.25) is 5.02 Å². The number of alkyl halides is 1. The standard InChI is InChI=1S/C10H11Cl2F/c1-7(11)2-3-8-4-5-9(12)6-10(8)13/h4-7H,2-3H2,1H3. The van der Waals surface area contributed by atoms with Crippen molar-refractivity contribution in [3.63, 3.8) is 0 Å². The maximum absolute atomic E-state index is 13.2. The van der Waals surface area contributed by atoms with Crippen molar-refractivity contribution in [2.75, 3.05) is 0 Å². The van der Waals surface area contributed by atoms with Gasteiger partial charge in [0.1, 0.15) is 5.82 Å². The van der Waals surface area contributed by atoms with Gasteiger partial charge in [0.15, 0.2) is 0 Å². The fraction of sp³-hybridized carbons (Fsp3) is 0.400. The Bertz CT molecular complexity index is 284. The van der Waals surface area contributed by atoms with Crippen LogP contribution in [-0.4, -0.2) is 5.38 Å². The molecule has 1 aromatic rings. The Morgan fingerprint density at radius 2 is 2.15 bits per heavy atom. The lowest BCUT2D eigenvalue weighted by atomic mass is 10.1. The molecule has 1 atom stereocenters. The molecule has 0 aliphatic rings. The second-order valence-corrected chi connectivity index (χ2v) is 4.24. The van der Waals surface area contributed by atoms with Crippen LogP contribution in [0.3, 0.4) is 0 Å². The third-order valence-corrected chi connectivity index (χ3v) is 2.28. The first-order valence-electron chi connectivity index (χ1n) is 4.17. The minimum Gasteiger partial charge on any atom is -0.207 e. The Morgan fingerprint density at radius 3 is 2.69 bits per heavy atom. The fourth-order valence-corrected chi connectivity index (χ4v) is 1.35. The number of halogens is 3. The zero-order valence-corrected chi connectivity index (χ0v) is 8.87. The first-order chi connectivity index (χ1) is 6.09. The van der Waals surface area contributed by atoms with Gasteiger partial charge in [0.05, 0.1) is 0 Å². The highest BCUT2D eigenvalue weighted by Crippen LogP contribution is 2.17. The van der Waals surface area contributed by atoms with Crippen LogP contribution in [0.15, 0.2) is 18.2 Å². The summed E-state index contributed by atoms with van der Waals surface area (Å²) in [5, 5.41) is 0.509. The molecule has 0 radical (unpaired) electrons. The summed E-state index contributed by atoms with van der Waals surface area (Å²) in [4.78, 5) is 0. The van der Waals surface area contributed by atoms with Crippen molar-refractivity contribution >= 4 is 23.2 Å². The van der Waals surface area contributed by atoms with Crippen LogP contribution in [0, 0.1) is 5.82 Å². The van der Waals surface area contributed by atoms with E-state index in [4.69, 9.17) is 23.2 Å². The molecule has 1 unspecified atom stereocenters. The minimum atomic E-state index is -0.246. The molecule has 0 N–H and O–H groups in total. The summed E-state index contributed by atoms with van der Waals surface area (Å²) >= 11 is 11.4. The van der Waals surface area contributed by atoms with Crippen molar-refractivity contribution in [2.24, 2.45) is 0 Å². The third-order valence-electron chi connectivity index (χ3n) is 1.83. The normalized spacial score (nSPS) is 12.9. The molecule has 0 amide bonds. The Balaban J connectivity index is 2.67. The van der Waals surface area contributed by atoms with E-state index in [2.05, 4.69) is 0 Å². The Kier molecular flexibility index (Phi) is 4.01. The highest BCUT2D eigenvalue weighted by atomic mass is 35.5. The number of aryl methyl sites for hydroxylation is 1. The van der Waals surface area contributed by atoms with E-state index in [0.29, 0.717) is 17.0 Å². The molecule has 0 heterocycles. The van der Waals surface area contributed by atoms with Gasteiger partial charge in [0.2, 0.25) is 0 Å². The molecule has 0 saturated heterocycles. The highest BCUT2D eigenvalue weighted by Gasteiger charge is 2.04. The van der Waals surface area contributed by atoms with Gasteiger partial charge < -0.3 is 0 Å². The fourth-order valence-electron chi connectivity index (χ4n) is 1.08. The molecule has 0 aliphatic heterocycles. The molecule has 0 nitrogen and oxygen atoms in total. The maximum atomic E-state index is 13.2. The molecule has 0 saturated carbocycles. The molecular formula is C10H11Cl2F. The predicted octanol–water partition coefficient (Wildman–Crippen LogP) is 4.04. The average Bonchev–Trinajstić information content (AvgIpc) is 2.02. The van der Waals surface area contributed by atoms with Gasteiger partial charge in [-0.05, 0) is 37.5 Å². The zero-order chi connectivity index (χ0) is 9.84. The summed E-state index contributed by atoms with van der Waals surface area (Å²) < 4.78 is 13.2. The van der Waals surface area contributed by atoms with Crippen LogP contribution in [-0.2, 0) is 6.42 Å². The first-order valence-corrected chi connectivity index (χ1v) is 4.99. The van der Waals surface area contributed by atoms with Crippen molar-refractivity contribution in [1.82, 2.24) is 0 Å². The van der Waals surface area contributed by atoms with Gasteiger partial charge in [-0.3, -0.25) is 0 Å². The summed E-state index contributed by atoms with van der Waals surface area (Å²) in [6, 6.07) is 4.73. The zero-order valence-electron chi connectivity index (χ0n) is 7.36. The van der Waals surface area contributed by atoms with Gasteiger partial charge in [-0.25, -0.2) is 4.39 Å². The average molecular weight is 221 g/mol. The van der Waals surface area contributed by atoms with Gasteiger partial charge in [-0.15, -0.1) is 11.6 Å². The SMILES string of the molecule is CC(Cl)CCc1ccc(Cl)cc1F. The predicted molar refractivity (Wildman–Crippen MR) is 55.0 cm³/mol. The van der Waals surface area contributed by atoms with Gasteiger partial charge in [-0.2, -0.15) is 0 Å². The molecule has 13 heavy (non-hydrogen) atoms. The Labute approximate surface area is 87.7 Å². The highest BCUT2D eigenvalue weighted by molar-refractivity contribution is 6.30. The van der Waals surface area contributed by atoms with Gasteiger partial charge in [0, 0.05) is 10.4 Å². The van der Waals surface area contributed by atoms with Gasteiger partial charge in [-0.1, -0.05) is 17.7 Å². The molecule has 72 valence electrons. The van der Waals surface area contributed by atoms with Crippen LogP contribution in [0.1, 0.15) is 18.9 Å². The molecule has 0 spiro atoms. The van der Waals surface area contributed by atoms with E-state index in [9.17, 15) is 4.39 Å². The molecule has 0 aliphatic carbocycles. The lowest BCUT2D eigenvalue weighted by molar-refractivity contribution is 0.604. The molecule has 1 aromatic carbocycles. The van der Waals surface area contributed by atoms with Crippen molar-refractivity contribution in [3.05, 3.63) is 34.6 Å². The second kappa shape index (κ2) is 4.83. The van der Waals surface area contributed by atoms with Crippen molar-refractivity contribution in [1.29, 1.82) is 0 Å². The number of hydrogen-bond acceptors (Lipinski definition) is 0. The maximum Gasteiger partial charge on any atom is 0.127 e. The summed E-state index contributed by atoms with van der Waals surface area (Å²) in [6.45, 7) is 1.90. The van der Waals surface area contributed by atoms with Crippen LogP contribution in [0.4, 0.5) is 4.39 Å². The van der Waals surface area contributed by atoms with E-state index in [1.165, 1.54) is 6.07 Å². The number of benzene rings is 1. The van der Waals surface area contributed by atoms with Crippen molar-refractivity contribution in [3.8, 4) is 0 Å². The largest absolute Gasteiger partial charge is 0.207 e.